The standard InChI is InChI=1S/C47H54O19S3/c1-16-54-22(50)19-69-40-36-30(59-45(10,11)65-36)25(31-37(40)66-46(12,13)60-31)47(51,23-26-32(61-41(2,3)55-26)38(67-17-20(48)52-14)33-27(23)56-42(4,5)62-33)24-28-34(63-43(6,7)57-28)39(68-18-21(49)53-15)35-29(24)58-44(8,9)64-35/h51H,16-19H2,1-15H3. The second-order valence-corrected chi connectivity index (χ2v) is 22.2. The lowest BCUT2D eigenvalue weighted by atomic mass is 9.76. The summed E-state index contributed by atoms with van der Waals surface area (Å²) in [5.41, 5.74) is -3.13. The average molecular weight is 1020 g/mol. The average Bonchev–Trinajstić information content (AvgIpc) is 4.05. The van der Waals surface area contributed by atoms with Crippen LogP contribution < -0.4 is 56.8 Å². The molecule has 9 rings (SSSR count). The van der Waals surface area contributed by atoms with Crippen LogP contribution in [0.4, 0.5) is 0 Å². The van der Waals surface area contributed by atoms with E-state index in [4.69, 9.17) is 71.1 Å². The van der Waals surface area contributed by atoms with E-state index < -0.39 is 58.2 Å². The quantitative estimate of drug-likeness (QED) is 0.0740. The van der Waals surface area contributed by atoms with Gasteiger partial charge in [0.25, 0.3) is 0 Å². The maximum Gasteiger partial charge on any atom is 0.316 e. The first-order valence-corrected chi connectivity index (χ1v) is 24.9. The monoisotopic (exact) mass is 1020 g/mol. The van der Waals surface area contributed by atoms with Gasteiger partial charge in [0.1, 0.15) is 14.7 Å². The number of ether oxygens (including phenoxy) is 15. The number of esters is 3. The molecule has 0 radical (unpaired) electrons. The highest BCUT2D eigenvalue weighted by molar-refractivity contribution is 8.00. The van der Waals surface area contributed by atoms with Gasteiger partial charge >= 0.3 is 17.9 Å². The molecule has 0 aromatic heterocycles. The Balaban J connectivity index is 1.48. The Morgan fingerprint density at radius 3 is 0.812 bits per heavy atom. The van der Waals surface area contributed by atoms with Crippen LogP contribution >= 0.6 is 35.3 Å². The summed E-state index contributed by atoms with van der Waals surface area (Å²) in [7, 11) is 2.56. The summed E-state index contributed by atoms with van der Waals surface area (Å²) in [6, 6.07) is 0. The molecular weight excluding hydrogens is 965 g/mol. The number of carbonyl (C=O) groups is 3. The molecule has 19 nitrogen and oxygen atoms in total. The second kappa shape index (κ2) is 16.1. The highest BCUT2D eigenvalue weighted by atomic mass is 32.2. The Bertz CT molecular complexity index is 2470. The number of hydrogen-bond donors (Lipinski definition) is 1. The Morgan fingerprint density at radius 2 is 0.609 bits per heavy atom. The van der Waals surface area contributed by atoms with Crippen molar-refractivity contribution in [3.63, 3.8) is 0 Å². The van der Waals surface area contributed by atoms with Gasteiger partial charge in [0.05, 0.1) is 54.8 Å². The largest absolute Gasteiger partial charge is 0.468 e. The van der Waals surface area contributed by atoms with Crippen molar-refractivity contribution in [2.75, 3.05) is 38.1 Å². The topological polar surface area (TPSA) is 210 Å². The first-order chi connectivity index (χ1) is 32.0. The lowest BCUT2D eigenvalue weighted by molar-refractivity contribution is -0.140. The summed E-state index contributed by atoms with van der Waals surface area (Å²) in [6.07, 6.45) is 0. The lowest BCUT2D eigenvalue weighted by Gasteiger charge is -2.35. The van der Waals surface area contributed by atoms with Gasteiger partial charge in [-0.1, -0.05) is 0 Å². The van der Waals surface area contributed by atoms with Gasteiger partial charge in [0.15, 0.2) is 74.6 Å². The first-order valence-electron chi connectivity index (χ1n) is 21.9. The fraction of sp³-hybridized carbons (Fsp3) is 0.553. The van der Waals surface area contributed by atoms with E-state index in [1.165, 1.54) is 14.2 Å². The Kier molecular flexibility index (Phi) is 11.4. The number of benzene rings is 3. The van der Waals surface area contributed by atoms with Crippen molar-refractivity contribution < 1.29 is 90.5 Å². The summed E-state index contributed by atoms with van der Waals surface area (Å²) < 4.78 is 95.8. The van der Waals surface area contributed by atoms with Gasteiger partial charge in [-0.05, 0) is 6.92 Å². The summed E-state index contributed by atoms with van der Waals surface area (Å²) in [5, 5.41) is 15.2. The number of rotatable bonds is 13. The van der Waals surface area contributed by atoms with Gasteiger partial charge in [-0.15, -0.1) is 35.3 Å². The van der Waals surface area contributed by atoms with E-state index in [-0.39, 0.29) is 110 Å². The molecule has 3 aromatic rings. The van der Waals surface area contributed by atoms with Crippen molar-refractivity contribution in [3.8, 4) is 69.0 Å². The van der Waals surface area contributed by atoms with Gasteiger partial charge in [-0.3, -0.25) is 14.4 Å². The molecule has 0 aliphatic carbocycles. The third-order valence-corrected chi connectivity index (χ3v) is 14.0. The zero-order chi connectivity index (χ0) is 50.2. The van der Waals surface area contributed by atoms with E-state index in [1.54, 1.807) is 90.0 Å². The first kappa shape index (κ1) is 48.7. The van der Waals surface area contributed by atoms with Crippen LogP contribution in [-0.4, -0.2) is 95.8 Å². The van der Waals surface area contributed by atoms with Gasteiger partial charge in [-0.25, -0.2) is 0 Å². The predicted molar refractivity (Wildman–Crippen MR) is 246 cm³/mol. The molecule has 6 aliphatic heterocycles. The Hall–Kier alpha value is -5.32. The highest BCUT2D eigenvalue weighted by Crippen LogP contribution is 2.73. The molecule has 3 aromatic carbocycles. The molecular formula is C47H54O19S3. The molecule has 1 N–H and O–H groups in total. The van der Waals surface area contributed by atoms with Crippen molar-refractivity contribution in [2.24, 2.45) is 0 Å². The molecule has 0 saturated heterocycles. The van der Waals surface area contributed by atoms with E-state index in [0.29, 0.717) is 14.7 Å². The molecule has 6 aliphatic rings. The third-order valence-electron chi connectivity index (χ3n) is 10.9. The van der Waals surface area contributed by atoms with Gasteiger partial charge in [0, 0.05) is 83.1 Å². The lowest BCUT2D eigenvalue weighted by Crippen LogP contribution is -2.36. The maximum absolute atomic E-state index is 15.2. The van der Waals surface area contributed by atoms with Crippen LogP contribution in [-0.2, 0) is 34.2 Å². The number of carbonyl (C=O) groups excluding carboxylic acids is 3. The van der Waals surface area contributed by atoms with Gasteiger partial charge in [0.2, 0.25) is 34.7 Å². The fourth-order valence-corrected chi connectivity index (χ4v) is 11.3. The zero-order valence-electron chi connectivity index (χ0n) is 40.8. The van der Waals surface area contributed by atoms with Crippen LogP contribution in [0.15, 0.2) is 14.7 Å². The fourth-order valence-electron chi connectivity index (χ4n) is 8.60. The minimum absolute atomic E-state index is 0.0418. The molecule has 0 saturated carbocycles. The zero-order valence-corrected chi connectivity index (χ0v) is 43.3. The molecule has 0 spiro atoms. The van der Waals surface area contributed by atoms with Crippen molar-refractivity contribution in [3.05, 3.63) is 16.7 Å². The molecule has 0 atom stereocenters. The SMILES string of the molecule is CCOC(=O)CSc1c2c(c(C(O)(c3c4c(c(SCC(=O)OC)c5c3OC(C)(C)O5)OC(C)(C)O4)c3c4c(c(SCC(=O)OC)c5c3OC(C)(C)O5)OC(C)(C)O4)c3c1OC(C)(C)O3)OC(C)(C)O2. The Labute approximate surface area is 410 Å². The molecule has 0 fully saturated rings. The van der Waals surface area contributed by atoms with Crippen molar-refractivity contribution in [2.45, 2.75) is 145 Å². The minimum Gasteiger partial charge on any atom is -0.468 e. The molecule has 69 heavy (non-hydrogen) atoms. The van der Waals surface area contributed by atoms with E-state index in [0.717, 1.165) is 35.3 Å². The maximum atomic E-state index is 15.2. The van der Waals surface area contributed by atoms with Gasteiger partial charge in [-0.2, -0.15) is 0 Å². The van der Waals surface area contributed by atoms with Crippen molar-refractivity contribution in [1.29, 1.82) is 0 Å². The van der Waals surface area contributed by atoms with Crippen LogP contribution in [0.25, 0.3) is 0 Å². The van der Waals surface area contributed by atoms with Gasteiger partial charge < -0.3 is 76.2 Å². The molecule has 22 heteroatoms. The number of hydrogen-bond acceptors (Lipinski definition) is 22. The molecule has 6 heterocycles. The number of methoxy groups -OCH3 is 2. The predicted octanol–water partition coefficient (Wildman–Crippen LogP) is 8.20. The highest BCUT2D eigenvalue weighted by Gasteiger charge is 2.62. The number of fused-ring (bicyclic) bond motifs is 6. The number of aliphatic hydroxyl groups is 1. The minimum atomic E-state index is -2.77. The van der Waals surface area contributed by atoms with Crippen LogP contribution in [0.5, 0.6) is 69.0 Å². The molecule has 374 valence electrons. The summed E-state index contributed by atoms with van der Waals surface area (Å²) in [6.45, 7) is 22.0. The summed E-state index contributed by atoms with van der Waals surface area (Å²) >= 11 is 3.18. The van der Waals surface area contributed by atoms with Crippen molar-refractivity contribution >= 4 is 53.2 Å². The van der Waals surface area contributed by atoms with Crippen LogP contribution in [0, 0.1) is 0 Å². The van der Waals surface area contributed by atoms with E-state index >= 15 is 5.11 Å². The third kappa shape index (κ3) is 8.31. The molecule has 0 bridgehead atoms. The van der Waals surface area contributed by atoms with E-state index in [2.05, 4.69) is 0 Å². The van der Waals surface area contributed by atoms with Crippen LogP contribution in [0.2, 0.25) is 0 Å². The molecule has 0 unspecified atom stereocenters. The van der Waals surface area contributed by atoms with E-state index in [1.807, 2.05) is 0 Å². The Morgan fingerprint density at radius 1 is 0.406 bits per heavy atom. The summed E-state index contributed by atoms with van der Waals surface area (Å²) in [4.78, 5) is 39.4. The smallest absolute Gasteiger partial charge is 0.316 e. The second-order valence-electron chi connectivity index (χ2n) is 19.2. The van der Waals surface area contributed by atoms with E-state index in [9.17, 15) is 14.4 Å². The van der Waals surface area contributed by atoms with Crippen molar-refractivity contribution in [1.82, 2.24) is 0 Å². The van der Waals surface area contributed by atoms with Crippen LogP contribution in [0.1, 0.15) is 107 Å². The normalized spacial score (nSPS) is 19.7. The molecule has 0 amide bonds. The summed E-state index contributed by atoms with van der Waals surface area (Å²) in [5.74, 6) is -10.3. The number of thioether (sulfide) groups is 3. The van der Waals surface area contributed by atoms with Crippen LogP contribution in [0.3, 0.4) is 0 Å².